The van der Waals surface area contributed by atoms with Gasteiger partial charge >= 0.3 is 0 Å². The van der Waals surface area contributed by atoms with Crippen molar-refractivity contribution in [3.63, 3.8) is 0 Å². The maximum atomic E-state index is 12.6. The second-order valence-corrected chi connectivity index (χ2v) is 5.13. The molecule has 0 saturated heterocycles. The maximum Gasteiger partial charge on any atom is 0.259 e. The normalized spacial score (nSPS) is 10.0. The summed E-state index contributed by atoms with van der Waals surface area (Å²) in [7, 11) is 0. The molecule has 120 valence electrons. The number of ether oxygens (including phenoxy) is 2. The number of anilines is 1. The van der Waals surface area contributed by atoms with E-state index in [0.29, 0.717) is 36.0 Å². The fourth-order valence-corrected chi connectivity index (χ4v) is 2.02. The van der Waals surface area contributed by atoms with Crippen molar-refractivity contribution < 1.29 is 14.3 Å². The molecule has 0 fully saturated rings. The van der Waals surface area contributed by atoms with Crippen LogP contribution >= 0.6 is 0 Å². The van der Waals surface area contributed by atoms with Gasteiger partial charge in [0.15, 0.2) is 0 Å². The predicted molar refractivity (Wildman–Crippen MR) is 92.3 cm³/mol. The lowest BCUT2D eigenvalue weighted by Gasteiger charge is -2.14. The van der Waals surface area contributed by atoms with Gasteiger partial charge in [-0.1, -0.05) is 30.8 Å². The minimum atomic E-state index is -0.241. The summed E-state index contributed by atoms with van der Waals surface area (Å²) in [6, 6.07) is 14.5. The maximum absolute atomic E-state index is 12.6. The van der Waals surface area contributed by atoms with Gasteiger partial charge in [0.05, 0.1) is 17.9 Å². The fourth-order valence-electron chi connectivity index (χ4n) is 2.02. The highest BCUT2D eigenvalue weighted by Gasteiger charge is 2.14. The molecule has 0 aromatic heterocycles. The third-order valence-electron chi connectivity index (χ3n) is 3.04. The molecule has 0 aliphatic carbocycles. The van der Waals surface area contributed by atoms with E-state index in [-0.39, 0.29) is 5.91 Å². The number of para-hydroxylation sites is 3. The molecule has 0 heterocycles. The van der Waals surface area contributed by atoms with E-state index < -0.39 is 0 Å². The lowest BCUT2D eigenvalue weighted by atomic mass is 10.1. The molecular weight excluding hydrogens is 290 g/mol. The van der Waals surface area contributed by atoms with Gasteiger partial charge in [0.2, 0.25) is 0 Å². The van der Waals surface area contributed by atoms with Crippen LogP contribution in [0.1, 0.15) is 24.2 Å². The van der Waals surface area contributed by atoms with E-state index in [1.165, 1.54) is 0 Å². The second kappa shape index (κ2) is 8.03. The van der Waals surface area contributed by atoms with Crippen molar-refractivity contribution in [3.8, 4) is 11.5 Å². The number of hydrogen-bond donors (Lipinski definition) is 1. The van der Waals surface area contributed by atoms with Gasteiger partial charge in [-0.05, 0) is 43.7 Å². The number of hydrogen-bond acceptors (Lipinski definition) is 3. The van der Waals surface area contributed by atoms with E-state index >= 15 is 0 Å². The minimum absolute atomic E-state index is 0.241. The lowest BCUT2D eigenvalue weighted by molar-refractivity contribution is 0.102. The van der Waals surface area contributed by atoms with Crippen LogP contribution in [0, 0.1) is 0 Å². The molecular formula is C19H21NO3. The van der Waals surface area contributed by atoms with Gasteiger partial charge in [0.1, 0.15) is 18.1 Å². The van der Waals surface area contributed by atoms with E-state index in [9.17, 15) is 4.79 Å². The smallest absolute Gasteiger partial charge is 0.259 e. The second-order valence-electron chi connectivity index (χ2n) is 5.13. The summed E-state index contributed by atoms with van der Waals surface area (Å²) in [5.74, 6) is 0.931. The number of carbonyl (C=O) groups is 1. The molecule has 23 heavy (non-hydrogen) atoms. The van der Waals surface area contributed by atoms with Crippen molar-refractivity contribution in [1.82, 2.24) is 0 Å². The van der Waals surface area contributed by atoms with E-state index in [2.05, 4.69) is 11.9 Å². The largest absolute Gasteiger partial charge is 0.492 e. The summed E-state index contributed by atoms with van der Waals surface area (Å²) < 4.78 is 11.2. The summed E-state index contributed by atoms with van der Waals surface area (Å²) in [5, 5.41) is 2.87. The van der Waals surface area contributed by atoms with Gasteiger partial charge in [-0.15, -0.1) is 0 Å². The molecule has 2 rings (SSSR count). The molecule has 0 bridgehead atoms. The van der Waals surface area contributed by atoms with Crippen LogP contribution in [0.4, 0.5) is 5.69 Å². The summed E-state index contributed by atoms with van der Waals surface area (Å²) in [6.45, 7) is 8.49. The molecule has 0 aliphatic heterocycles. The Morgan fingerprint density at radius 3 is 2.39 bits per heavy atom. The fraction of sp³-hybridized carbons (Fsp3) is 0.211. The highest BCUT2D eigenvalue weighted by molar-refractivity contribution is 6.06. The SMILES string of the molecule is C=C(C)COc1ccccc1C(=O)Nc1ccccc1OCC. The summed E-state index contributed by atoms with van der Waals surface area (Å²) >= 11 is 0. The topological polar surface area (TPSA) is 47.6 Å². The quantitative estimate of drug-likeness (QED) is 0.776. The minimum Gasteiger partial charge on any atom is -0.492 e. The highest BCUT2D eigenvalue weighted by Crippen LogP contribution is 2.26. The first-order valence-electron chi connectivity index (χ1n) is 7.51. The summed E-state index contributed by atoms with van der Waals surface area (Å²) in [5.41, 5.74) is 2.00. The Hall–Kier alpha value is -2.75. The van der Waals surface area contributed by atoms with Crippen molar-refractivity contribution in [2.45, 2.75) is 13.8 Å². The molecule has 0 unspecified atom stereocenters. The van der Waals surface area contributed by atoms with Gasteiger partial charge in [0.25, 0.3) is 5.91 Å². The van der Waals surface area contributed by atoms with E-state index in [0.717, 1.165) is 5.57 Å². The first kappa shape index (κ1) is 16.6. The van der Waals surface area contributed by atoms with Crippen molar-refractivity contribution in [2.24, 2.45) is 0 Å². The van der Waals surface area contributed by atoms with Crippen molar-refractivity contribution in [1.29, 1.82) is 0 Å². The molecule has 0 spiro atoms. The van der Waals surface area contributed by atoms with Crippen LogP contribution < -0.4 is 14.8 Å². The Balaban J connectivity index is 2.20. The van der Waals surface area contributed by atoms with Crippen LogP contribution in [0.25, 0.3) is 0 Å². The average Bonchev–Trinajstić information content (AvgIpc) is 2.55. The standard InChI is InChI=1S/C19H21NO3/c1-4-22-18-12-8-6-10-16(18)20-19(21)15-9-5-7-11-17(15)23-13-14(2)3/h5-12H,2,4,13H2,1,3H3,(H,20,21). The molecule has 1 amide bonds. The van der Waals surface area contributed by atoms with Crippen LogP contribution in [-0.4, -0.2) is 19.1 Å². The molecule has 0 atom stereocenters. The monoisotopic (exact) mass is 311 g/mol. The van der Waals surface area contributed by atoms with Gasteiger partial charge in [-0.2, -0.15) is 0 Å². The van der Waals surface area contributed by atoms with Crippen LogP contribution in [0.2, 0.25) is 0 Å². The van der Waals surface area contributed by atoms with Crippen molar-refractivity contribution in [3.05, 3.63) is 66.2 Å². The lowest BCUT2D eigenvalue weighted by Crippen LogP contribution is -2.15. The molecule has 0 radical (unpaired) electrons. The molecule has 0 aliphatic rings. The first-order valence-corrected chi connectivity index (χ1v) is 7.51. The molecule has 2 aromatic rings. The van der Waals surface area contributed by atoms with E-state index in [4.69, 9.17) is 9.47 Å². The predicted octanol–water partition coefficient (Wildman–Crippen LogP) is 4.29. The first-order chi connectivity index (χ1) is 11.1. The Kier molecular flexibility index (Phi) is 5.80. The van der Waals surface area contributed by atoms with Gasteiger partial charge in [-0.3, -0.25) is 4.79 Å². The van der Waals surface area contributed by atoms with Crippen LogP contribution in [0.3, 0.4) is 0 Å². The number of carbonyl (C=O) groups excluding carboxylic acids is 1. The highest BCUT2D eigenvalue weighted by atomic mass is 16.5. The number of amides is 1. The summed E-state index contributed by atoms with van der Waals surface area (Å²) in [6.07, 6.45) is 0. The Labute approximate surface area is 136 Å². The van der Waals surface area contributed by atoms with Gasteiger partial charge in [0, 0.05) is 0 Å². The van der Waals surface area contributed by atoms with Crippen LogP contribution in [0.5, 0.6) is 11.5 Å². The van der Waals surface area contributed by atoms with E-state index in [1.807, 2.05) is 38.1 Å². The zero-order chi connectivity index (χ0) is 16.7. The number of benzene rings is 2. The third kappa shape index (κ3) is 4.61. The zero-order valence-corrected chi connectivity index (χ0v) is 13.5. The Morgan fingerprint density at radius 2 is 1.70 bits per heavy atom. The summed E-state index contributed by atoms with van der Waals surface area (Å²) in [4.78, 5) is 12.6. The molecule has 4 heteroatoms. The van der Waals surface area contributed by atoms with Crippen LogP contribution in [0.15, 0.2) is 60.7 Å². The average molecular weight is 311 g/mol. The molecule has 2 aromatic carbocycles. The molecule has 1 N–H and O–H groups in total. The number of nitrogens with one attached hydrogen (secondary N) is 1. The number of rotatable bonds is 7. The Bertz CT molecular complexity index is 695. The van der Waals surface area contributed by atoms with Crippen molar-refractivity contribution >= 4 is 11.6 Å². The van der Waals surface area contributed by atoms with Crippen LogP contribution in [-0.2, 0) is 0 Å². The van der Waals surface area contributed by atoms with Gasteiger partial charge < -0.3 is 14.8 Å². The third-order valence-corrected chi connectivity index (χ3v) is 3.04. The van der Waals surface area contributed by atoms with Crippen molar-refractivity contribution in [2.75, 3.05) is 18.5 Å². The molecule has 0 saturated carbocycles. The van der Waals surface area contributed by atoms with E-state index in [1.54, 1.807) is 24.3 Å². The zero-order valence-electron chi connectivity index (χ0n) is 13.5. The molecule has 4 nitrogen and oxygen atoms in total. The Morgan fingerprint density at radius 1 is 1.04 bits per heavy atom. The van der Waals surface area contributed by atoms with Gasteiger partial charge in [-0.25, -0.2) is 0 Å².